The molecule has 0 spiro atoms. The fourth-order valence-electron chi connectivity index (χ4n) is 3.73. The van der Waals surface area contributed by atoms with Crippen molar-refractivity contribution in [2.24, 2.45) is 11.8 Å². The van der Waals surface area contributed by atoms with Crippen LogP contribution in [0.3, 0.4) is 0 Å². The zero-order valence-electron chi connectivity index (χ0n) is 10.3. The largest absolute Gasteiger partial charge is 0.299 e. The number of rotatable bonds is 1. The smallest absolute Gasteiger partial charge is 0.143 e. The van der Waals surface area contributed by atoms with E-state index in [1.54, 1.807) is 0 Å². The van der Waals surface area contributed by atoms with Gasteiger partial charge in [0.15, 0.2) is 0 Å². The molecule has 2 saturated carbocycles. The van der Waals surface area contributed by atoms with E-state index in [2.05, 4.69) is 24.3 Å². The van der Waals surface area contributed by atoms with Crippen LogP contribution in [0.4, 0.5) is 0 Å². The minimum atomic E-state index is 0.190. The first-order valence-electron chi connectivity index (χ1n) is 6.95. The Balaban J connectivity index is 1.82. The molecule has 90 valence electrons. The molecule has 1 nitrogen and oxygen atoms in total. The molecule has 1 aromatic rings. The summed E-state index contributed by atoms with van der Waals surface area (Å²) in [4.78, 5) is 12.6. The molecule has 0 saturated heterocycles. The van der Waals surface area contributed by atoms with Gasteiger partial charge in [0.05, 0.1) is 0 Å². The van der Waals surface area contributed by atoms with Crippen molar-refractivity contribution in [3.63, 3.8) is 0 Å². The highest BCUT2D eigenvalue weighted by Crippen LogP contribution is 2.43. The van der Waals surface area contributed by atoms with E-state index in [4.69, 9.17) is 0 Å². The predicted octanol–water partition coefficient (Wildman–Crippen LogP) is 3.94. The summed E-state index contributed by atoms with van der Waals surface area (Å²) >= 11 is 0. The SMILES string of the molecule is O=C1C(c2ccccc2)CCC2CCCCC12. The molecule has 17 heavy (non-hydrogen) atoms. The van der Waals surface area contributed by atoms with E-state index >= 15 is 0 Å². The maximum atomic E-state index is 12.6. The summed E-state index contributed by atoms with van der Waals surface area (Å²) in [6.45, 7) is 0. The molecule has 2 aliphatic carbocycles. The predicted molar refractivity (Wildman–Crippen MR) is 68.9 cm³/mol. The zero-order chi connectivity index (χ0) is 11.7. The first-order valence-corrected chi connectivity index (χ1v) is 6.95. The first kappa shape index (κ1) is 11.0. The minimum absolute atomic E-state index is 0.190. The van der Waals surface area contributed by atoms with Gasteiger partial charge in [-0.05, 0) is 37.2 Å². The highest BCUT2D eigenvalue weighted by Gasteiger charge is 2.39. The van der Waals surface area contributed by atoms with Crippen molar-refractivity contribution in [3.8, 4) is 0 Å². The lowest BCUT2D eigenvalue weighted by molar-refractivity contribution is -0.129. The van der Waals surface area contributed by atoms with Crippen LogP contribution in [0.5, 0.6) is 0 Å². The summed E-state index contributed by atoms with van der Waals surface area (Å²) in [5.41, 5.74) is 1.24. The van der Waals surface area contributed by atoms with E-state index in [9.17, 15) is 4.79 Å². The Morgan fingerprint density at radius 3 is 2.47 bits per heavy atom. The van der Waals surface area contributed by atoms with Gasteiger partial charge in [0, 0.05) is 11.8 Å². The molecule has 2 fully saturated rings. The summed E-state index contributed by atoms with van der Waals surface area (Å²) < 4.78 is 0. The average Bonchev–Trinajstić information content (AvgIpc) is 2.40. The van der Waals surface area contributed by atoms with Crippen LogP contribution in [-0.2, 0) is 4.79 Å². The molecule has 1 heteroatoms. The standard InChI is InChI=1S/C16H20O/c17-16-14-9-5-4-8-13(14)10-11-15(16)12-6-2-1-3-7-12/h1-3,6-7,13-15H,4-5,8-11H2. The maximum absolute atomic E-state index is 12.6. The van der Waals surface area contributed by atoms with E-state index in [1.165, 1.54) is 31.2 Å². The number of hydrogen-bond donors (Lipinski definition) is 0. The molecule has 0 heterocycles. The lowest BCUT2D eigenvalue weighted by Gasteiger charge is -2.38. The summed E-state index contributed by atoms with van der Waals surface area (Å²) in [5, 5.41) is 0. The Hall–Kier alpha value is -1.11. The van der Waals surface area contributed by atoms with Gasteiger partial charge in [-0.2, -0.15) is 0 Å². The van der Waals surface area contributed by atoms with Gasteiger partial charge >= 0.3 is 0 Å². The molecule has 0 radical (unpaired) electrons. The molecule has 0 aromatic heterocycles. The average molecular weight is 228 g/mol. The molecule has 3 atom stereocenters. The van der Waals surface area contributed by atoms with Crippen LogP contribution >= 0.6 is 0 Å². The van der Waals surface area contributed by atoms with E-state index in [-0.39, 0.29) is 5.92 Å². The van der Waals surface area contributed by atoms with Crippen LogP contribution in [0.15, 0.2) is 30.3 Å². The highest BCUT2D eigenvalue weighted by molar-refractivity contribution is 5.88. The van der Waals surface area contributed by atoms with Crippen molar-refractivity contribution in [1.29, 1.82) is 0 Å². The van der Waals surface area contributed by atoms with Gasteiger partial charge in [0.2, 0.25) is 0 Å². The molecular formula is C16H20O. The van der Waals surface area contributed by atoms with E-state index < -0.39 is 0 Å². The molecule has 1 aromatic carbocycles. The summed E-state index contributed by atoms with van der Waals surface area (Å²) in [7, 11) is 0. The number of benzene rings is 1. The molecular weight excluding hydrogens is 208 g/mol. The van der Waals surface area contributed by atoms with Gasteiger partial charge in [-0.3, -0.25) is 4.79 Å². The number of carbonyl (C=O) groups is 1. The minimum Gasteiger partial charge on any atom is -0.299 e. The lowest BCUT2D eigenvalue weighted by Crippen LogP contribution is -2.35. The summed E-state index contributed by atoms with van der Waals surface area (Å²) in [6.07, 6.45) is 7.36. The van der Waals surface area contributed by atoms with Crippen molar-refractivity contribution in [1.82, 2.24) is 0 Å². The molecule has 0 bridgehead atoms. The molecule has 0 amide bonds. The van der Waals surface area contributed by atoms with Gasteiger partial charge in [0.25, 0.3) is 0 Å². The van der Waals surface area contributed by atoms with Crippen molar-refractivity contribution < 1.29 is 4.79 Å². The molecule has 0 aliphatic heterocycles. The second-order valence-electron chi connectivity index (χ2n) is 5.59. The Kier molecular flexibility index (Phi) is 3.00. The van der Waals surface area contributed by atoms with Crippen molar-refractivity contribution >= 4 is 5.78 Å². The highest BCUT2D eigenvalue weighted by atomic mass is 16.1. The van der Waals surface area contributed by atoms with E-state index in [1.807, 2.05) is 6.07 Å². The zero-order valence-corrected chi connectivity index (χ0v) is 10.3. The van der Waals surface area contributed by atoms with Gasteiger partial charge < -0.3 is 0 Å². The lowest BCUT2D eigenvalue weighted by atomic mass is 9.65. The van der Waals surface area contributed by atoms with Crippen LogP contribution in [0.1, 0.15) is 50.0 Å². The fraction of sp³-hybridized carbons (Fsp3) is 0.562. The molecule has 0 N–H and O–H groups in total. The van der Waals surface area contributed by atoms with Gasteiger partial charge in [-0.15, -0.1) is 0 Å². The monoisotopic (exact) mass is 228 g/mol. The third-order valence-corrected chi connectivity index (χ3v) is 4.65. The third kappa shape index (κ3) is 2.03. The Labute approximate surface area is 103 Å². The van der Waals surface area contributed by atoms with Crippen LogP contribution in [0, 0.1) is 11.8 Å². The van der Waals surface area contributed by atoms with Crippen LogP contribution in [0.25, 0.3) is 0 Å². The van der Waals surface area contributed by atoms with Crippen molar-refractivity contribution in [3.05, 3.63) is 35.9 Å². The second kappa shape index (κ2) is 4.64. The number of hydrogen-bond acceptors (Lipinski definition) is 1. The number of fused-ring (bicyclic) bond motifs is 1. The Morgan fingerprint density at radius 1 is 0.882 bits per heavy atom. The van der Waals surface area contributed by atoms with Gasteiger partial charge in [0.1, 0.15) is 5.78 Å². The van der Waals surface area contributed by atoms with Crippen LogP contribution < -0.4 is 0 Å². The van der Waals surface area contributed by atoms with Crippen molar-refractivity contribution in [2.45, 2.75) is 44.4 Å². The molecule has 3 rings (SSSR count). The van der Waals surface area contributed by atoms with Gasteiger partial charge in [-0.1, -0.05) is 43.2 Å². The normalized spacial score (nSPS) is 33.2. The number of ketones is 1. The summed E-state index contributed by atoms with van der Waals surface area (Å²) in [6, 6.07) is 10.4. The third-order valence-electron chi connectivity index (χ3n) is 4.65. The Morgan fingerprint density at radius 2 is 1.65 bits per heavy atom. The van der Waals surface area contributed by atoms with E-state index in [0.717, 1.165) is 12.8 Å². The van der Waals surface area contributed by atoms with Gasteiger partial charge in [-0.25, -0.2) is 0 Å². The number of Topliss-reactive ketones (excluding diaryl/α,β-unsaturated/α-hetero) is 1. The second-order valence-corrected chi connectivity index (χ2v) is 5.59. The fourth-order valence-corrected chi connectivity index (χ4v) is 3.73. The molecule has 2 aliphatic rings. The first-order chi connectivity index (χ1) is 8.36. The maximum Gasteiger partial charge on any atom is 0.143 e. The summed E-state index contributed by atoms with van der Waals surface area (Å²) in [5.74, 6) is 1.81. The number of carbonyl (C=O) groups excluding carboxylic acids is 1. The Bertz CT molecular complexity index is 395. The quantitative estimate of drug-likeness (QED) is 0.711. The topological polar surface area (TPSA) is 17.1 Å². The van der Waals surface area contributed by atoms with Crippen LogP contribution in [0.2, 0.25) is 0 Å². The van der Waals surface area contributed by atoms with Crippen molar-refractivity contribution in [2.75, 3.05) is 0 Å². The van der Waals surface area contributed by atoms with Crippen LogP contribution in [-0.4, -0.2) is 5.78 Å². The van der Waals surface area contributed by atoms with E-state index in [0.29, 0.717) is 17.6 Å². The molecule has 3 unspecified atom stereocenters.